The fraction of sp³-hybridized carbons (Fsp3) is 0.636. The highest BCUT2D eigenvalue weighted by molar-refractivity contribution is 5.44. The van der Waals surface area contributed by atoms with Crippen LogP contribution in [0.1, 0.15) is 38.2 Å². The minimum atomic E-state index is 0.343. The molecule has 4 heteroatoms. The molecule has 0 amide bonds. The largest absolute Gasteiger partial charge is 0.474 e. The minimum absolute atomic E-state index is 0.343. The van der Waals surface area contributed by atoms with E-state index in [0.29, 0.717) is 17.8 Å². The van der Waals surface area contributed by atoms with Gasteiger partial charge in [0.1, 0.15) is 18.2 Å². The molecule has 1 aliphatic carbocycles. The lowest BCUT2D eigenvalue weighted by Gasteiger charge is -2.26. The van der Waals surface area contributed by atoms with Gasteiger partial charge < -0.3 is 10.5 Å². The zero-order valence-corrected chi connectivity index (χ0v) is 9.07. The highest BCUT2D eigenvalue weighted by Gasteiger charge is 2.21. The summed E-state index contributed by atoms with van der Waals surface area (Å²) in [5, 5.41) is 0. The maximum absolute atomic E-state index is 5.81. The third-order valence-corrected chi connectivity index (χ3v) is 2.77. The van der Waals surface area contributed by atoms with Crippen LogP contribution in [-0.4, -0.2) is 16.1 Å². The van der Waals surface area contributed by atoms with Crippen molar-refractivity contribution in [2.24, 2.45) is 0 Å². The van der Waals surface area contributed by atoms with Crippen molar-refractivity contribution < 1.29 is 4.74 Å². The fourth-order valence-corrected chi connectivity index (χ4v) is 1.64. The Bertz CT molecular complexity index is 337. The molecule has 4 nitrogen and oxygen atoms in total. The summed E-state index contributed by atoms with van der Waals surface area (Å²) in [4.78, 5) is 8.16. The molecule has 0 atom stereocenters. The predicted octanol–water partition coefficient (Wildman–Crippen LogP) is 1.94. The number of ether oxygens (including phenoxy) is 1. The molecule has 2 rings (SSSR count). The van der Waals surface area contributed by atoms with E-state index in [1.165, 1.54) is 12.7 Å². The number of hydrogen-bond acceptors (Lipinski definition) is 4. The second-order valence-corrected chi connectivity index (χ2v) is 3.96. The number of anilines is 1. The van der Waals surface area contributed by atoms with Gasteiger partial charge in [-0.15, -0.1) is 0 Å². The molecule has 0 unspecified atom stereocenters. The van der Waals surface area contributed by atoms with Gasteiger partial charge in [0.05, 0.1) is 5.56 Å². The summed E-state index contributed by atoms with van der Waals surface area (Å²) >= 11 is 0. The van der Waals surface area contributed by atoms with Crippen LogP contribution in [0.5, 0.6) is 5.88 Å². The normalized spacial score (nSPS) is 16.1. The van der Waals surface area contributed by atoms with Crippen LogP contribution in [0.4, 0.5) is 5.82 Å². The Hall–Kier alpha value is -1.32. The number of nitrogen functional groups attached to an aromatic ring is 1. The van der Waals surface area contributed by atoms with Gasteiger partial charge in [0.25, 0.3) is 0 Å². The average molecular weight is 207 g/mol. The summed E-state index contributed by atoms with van der Waals surface area (Å²) in [6.45, 7) is 2.11. The number of aromatic nitrogens is 2. The molecular formula is C11H17N3O. The van der Waals surface area contributed by atoms with Gasteiger partial charge >= 0.3 is 0 Å². The minimum Gasteiger partial charge on any atom is -0.474 e. The molecule has 1 aliphatic rings. The number of nitrogens with two attached hydrogens (primary N) is 1. The van der Waals surface area contributed by atoms with Gasteiger partial charge in [0, 0.05) is 0 Å². The van der Waals surface area contributed by atoms with Crippen LogP contribution in [-0.2, 0) is 6.42 Å². The lowest BCUT2D eigenvalue weighted by Crippen LogP contribution is -2.25. The predicted molar refractivity (Wildman–Crippen MR) is 58.7 cm³/mol. The lowest BCUT2D eigenvalue weighted by molar-refractivity contribution is 0.113. The summed E-state index contributed by atoms with van der Waals surface area (Å²) < 4.78 is 5.78. The fourth-order valence-electron chi connectivity index (χ4n) is 1.64. The Kier molecular flexibility index (Phi) is 3.04. The molecule has 15 heavy (non-hydrogen) atoms. The van der Waals surface area contributed by atoms with E-state index >= 15 is 0 Å². The van der Waals surface area contributed by atoms with Crippen molar-refractivity contribution in [3.8, 4) is 5.88 Å². The summed E-state index contributed by atoms with van der Waals surface area (Å²) in [5.41, 5.74) is 6.78. The molecule has 1 aromatic rings. The summed E-state index contributed by atoms with van der Waals surface area (Å²) in [6.07, 6.45) is 7.25. The first-order chi connectivity index (χ1) is 7.31. The van der Waals surface area contributed by atoms with Crippen LogP contribution >= 0.6 is 0 Å². The van der Waals surface area contributed by atoms with Gasteiger partial charge in [-0.25, -0.2) is 9.97 Å². The van der Waals surface area contributed by atoms with Crippen LogP contribution in [0.25, 0.3) is 0 Å². The van der Waals surface area contributed by atoms with Crippen LogP contribution in [0, 0.1) is 0 Å². The van der Waals surface area contributed by atoms with Crippen LogP contribution < -0.4 is 10.5 Å². The zero-order valence-electron chi connectivity index (χ0n) is 9.07. The van der Waals surface area contributed by atoms with Crippen LogP contribution in [0.15, 0.2) is 6.33 Å². The second-order valence-electron chi connectivity index (χ2n) is 3.96. The van der Waals surface area contributed by atoms with Gasteiger partial charge in [0.2, 0.25) is 5.88 Å². The zero-order chi connectivity index (χ0) is 10.7. The van der Waals surface area contributed by atoms with Gasteiger partial charge in [-0.1, -0.05) is 13.3 Å². The van der Waals surface area contributed by atoms with Crippen LogP contribution in [0.3, 0.4) is 0 Å². The third kappa shape index (κ3) is 2.19. The number of hydrogen-bond donors (Lipinski definition) is 1. The maximum atomic E-state index is 5.81. The summed E-state index contributed by atoms with van der Waals surface area (Å²) in [7, 11) is 0. The van der Waals surface area contributed by atoms with Crippen molar-refractivity contribution in [2.75, 3.05) is 5.73 Å². The molecule has 0 spiro atoms. The Morgan fingerprint density at radius 3 is 2.87 bits per heavy atom. The highest BCUT2D eigenvalue weighted by atomic mass is 16.5. The Balaban J connectivity index is 2.15. The molecule has 0 aliphatic heterocycles. The molecule has 0 saturated heterocycles. The van der Waals surface area contributed by atoms with Gasteiger partial charge in [-0.2, -0.15) is 0 Å². The van der Waals surface area contributed by atoms with E-state index in [9.17, 15) is 0 Å². The van der Waals surface area contributed by atoms with Crippen molar-refractivity contribution in [3.63, 3.8) is 0 Å². The summed E-state index contributed by atoms with van der Waals surface area (Å²) in [6, 6.07) is 0. The standard InChI is InChI=1S/C11H17N3O/c1-2-4-9-10(12)13-7-14-11(9)15-8-5-3-6-8/h7-8H,2-6H2,1H3,(H2,12,13,14). The van der Waals surface area contributed by atoms with E-state index < -0.39 is 0 Å². The quantitative estimate of drug-likeness (QED) is 0.819. The molecule has 82 valence electrons. The first-order valence-corrected chi connectivity index (χ1v) is 5.57. The van der Waals surface area contributed by atoms with E-state index in [1.807, 2.05) is 0 Å². The SMILES string of the molecule is CCCc1c(N)ncnc1OC1CCC1. The van der Waals surface area contributed by atoms with Crippen molar-refractivity contribution in [2.45, 2.75) is 45.1 Å². The maximum Gasteiger partial charge on any atom is 0.222 e. The van der Waals surface area contributed by atoms with Gasteiger partial charge in [-0.05, 0) is 25.7 Å². The molecular weight excluding hydrogens is 190 g/mol. The monoisotopic (exact) mass is 207 g/mol. The number of rotatable bonds is 4. The van der Waals surface area contributed by atoms with Crippen molar-refractivity contribution in [1.82, 2.24) is 9.97 Å². The molecule has 1 aromatic heterocycles. The summed E-state index contributed by atoms with van der Waals surface area (Å²) in [5.74, 6) is 1.25. The molecule has 1 saturated carbocycles. The van der Waals surface area contributed by atoms with E-state index in [-0.39, 0.29) is 0 Å². The van der Waals surface area contributed by atoms with Gasteiger partial charge in [0.15, 0.2) is 0 Å². The molecule has 1 fully saturated rings. The first-order valence-electron chi connectivity index (χ1n) is 5.57. The molecule has 0 aromatic carbocycles. The van der Waals surface area contributed by atoms with Crippen molar-refractivity contribution >= 4 is 5.82 Å². The Labute approximate surface area is 89.9 Å². The highest BCUT2D eigenvalue weighted by Crippen LogP contribution is 2.28. The van der Waals surface area contributed by atoms with E-state index in [2.05, 4.69) is 16.9 Å². The first kappa shape index (κ1) is 10.2. The second kappa shape index (κ2) is 4.47. The Morgan fingerprint density at radius 1 is 1.47 bits per heavy atom. The van der Waals surface area contributed by atoms with Gasteiger partial charge in [-0.3, -0.25) is 0 Å². The average Bonchev–Trinajstić information content (AvgIpc) is 2.16. The van der Waals surface area contributed by atoms with E-state index in [0.717, 1.165) is 31.2 Å². The third-order valence-electron chi connectivity index (χ3n) is 2.77. The number of nitrogens with zero attached hydrogens (tertiary/aromatic N) is 2. The topological polar surface area (TPSA) is 61.0 Å². The lowest BCUT2D eigenvalue weighted by atomic mass is 9.96. The van der Waals surface area contributed by atoms with Crippen LogP contribution in [0.2, 0.25) is 0 Å². The molecule has 0 radical (unpaired) electrons. The smallest absolute Gasteiger partial charge is 0.222 e. The van der Waals surface area contributed by atoms with E-state index in [4.69, 9.17) is 10.5 Å². The molecule has 0 bridgehead atoms. The Morgan fingerprint density at radius 2 is 2.27 bits per heavy atom. The molecule has 2 N–H and O–H groups in total. The van der Waals surface area contributed by atoms with Crippen molar-refractivity contribution in [1.29, 1.82) is 0 Å². The molecule has 1 heterocycles. The van der Waals surface area contributed by atoms with E-state index in [1.54, 1.807) is 0 Å². The van der Waals surface area contributed by atoms with Crippen molar-refractivity contribution in [3.05, 3.63) is 11.9 Å².